The molecule has 1 aromatic carbocycles. The maximum atomic E-state index is 12.3. The minimum atomic E-state index is -0.249. The molecular formula is C15H15Cl2N2O2+. The van der Waals surface area contributed by atoms with Gasteiger partial charge in [0.2, 0.25) is 0 Å². The third kappa shape index (κ3) is 3.46. The SMILES string of the molecule is COc1c(C)cc(C(=O)Nc2ccc(Cl)[nH+]c2Cl)cc1C. The number of pyridine rings is 1. The van der Waals surface area contributed by atoms with Gasteiger partial charge in [-0.15, -0.1) is 0 Å². The van der Waals surface area contributed by atoms with Crippen LogP contribution in [-0.4, -0.2) is 13.0 Å². The molecule has 1 amide bonds. The maximum absolute atomic E-state index is 12.3. The average molecular weight is 326 g/mol. The van der Waals surface area contributed by atoms with Crippen LogP contribution in [0.25, 0.3) is 0 Å². The van der Waals surface area contributed by atoms with Crippen molar-refractivity contribution in [3.05, 3.63) is 51.3 Å². The fourth-order valence-electron chi connectivity index (χ4n) is 2.14. The van der Waals surface area contributed by atoms with E-state index in [0.717, 1.165) is 16.9 Å². The van der Waals surface area contributed by atoms with Crippen molar-refractivity contribution in [3.8, 4) is 5.75 Å². The number of rotatable bonds is 3. The van der Waals surface area contributed by atoms with E-state index in [1.807, 2.05) is 13.8 Å². The van der Waals surface area contributed by atoms with Crippen molar-refractivity contribution in [2.24, 2.45) is 0 Å². The van der Waals surface area contributed by atoms with Gasteiger partial charge in [-0.1, -0.05) is 0 Å². The smallest absolute Gasteiger partial charge is 0.298 e. The number of H-pyrrole nitrogens is 1. The van der Waals surface area contributed by atoms with Crippen LogP contribution in [0.15, 0.2) is 24.3 Å². The number of benzene rings is 1. The van der Waals surface area contributed by atoms with Gasteiger partial charge in [-0.25, -0.2) is 0 Å². The summed E-state index contributed by atoms with van der Waals surface area (Å²) in [6.07, 6.45) is 0. The number of amides is 1. The molecule has 0 aliphatic carbocycles. The Morgan fingerprint density at radius 3 is 2.33 bits per heavy atom. The summed E-state index contributed by atoms with van der Waals surface area (Å²) >= 11 is 11.8. The molecule has 0 spiro atoms. The number of nitrogens with one attached hydrogen (secondary N) is 2. The van der Waals surface area contributed by atoms with E-state index in [-0.39, 0.29) is 11.1 Å². The van der Waals surface area contributed by atoms with Crippen molar-refractivity contribution in [1.82, 2.24) is 0 Å². The van der Waals surface area contributed by atoms with Crippen molar-refractivity contribution in [3.63, 3.8) is 0 Å². The Morgan fingerprint density at radius 1 is 1.19 bits per heavy atom. The molecule has 0 unspecified atom stereocenters. The molecule has 0 aliphatic rings. The van der Waals surface area contributed by atoms with Crippen LogP contribution in [-0.2, 0) is 0 Å². The first-order valence-electron chi connectivity index (χ1n) is 6.26. The molecule has 0 bridgehead atoms. The van der Waals surface area contributed by atoms with Gasteiger partial charge < -0.3 is 10.1 Å². The van der Waals surface area contributed by atoms with Crippen molar-refractivity contribution in [2.45, 2.75) is 13.8 Å². The van der Waals surface area contributed by atoms with Crippen molar-refractivity contribution in [2.75, 3.05) is 12.4 Å². The van der Waals surface area contributed by atoms with E-state index >= 15 is 0 Å². The molecule has 2 N–H and O–H groups in total. The van der Waals surface area contributed by atoms with Gasteiger partial charge in [-0.3, -0.25) is 4.79 Å². The number of anilines is 1. The van der Waals surface area contributed by atoms with Gasteiger partial charge in [0.15, 0.2) is 0 Å². The predicted octanol–water partition coefficient (Wildman–Crippen LogP) is 3.69. The second-order valence-corrected chi connectivity index (χ2v) is 5.42. The van der Waals surface area contributed by atoms with Crippen LogP contribution >= 0.6 is 23.2 Å². The average Bonchev–Trinajstić information content (AvgIpc) is 2.41. The molecule has 0 radical (unpaired) electrons. The standard InChI is InChI=1S/C15H14Cl2N2O2/c1-8-6-10(7-9(2)13(8)21-3)15(20)18-11-4-5-12(16)19-14(11)17/h4-7H,1-3H3,(H,18,20)/p+1. The third-order valence-corrected chi connectivity index (χ3v) is 3.56. The molecule has 0 saturated heterocycles. The molecule has 1 aromatic heterocycles. The third-order valence-electron chi connectivity index (χ3n) is 3.04. The lowest BCUT2D eigenvalue weighted by Crippen LogP contribution is -2.16. The summed E-state index contributed by atoms with van der Waals surface area (Å²) in [6.45, 7) is 3.79. The van der Waals surface area contributed by atoms with E-state index in [1.165, 1.54) is 0 Å². The predicted molar refractivity (Wildman–Crippen MR) is 83.4 cm³/mol. The molecule has 110 valence electrons. The number of hydrogen-bond acceptors (Lipinski definition) is 2. The van der Waals surface area contributed by atoms with E-state index < -0.39 is 0 Å². The Kier molecular flexibility index (Phi) is 4.70. The fourth-order valence-corrected chi connectivity index (χ4v) is 2.56. The second-order valence-electron chi connectivity index (χ2n) is 4.63. The molecule has 0 atom stereocenters. The number of aromatic amines is 1. The van der Waals surface area contributed by atoms with Crippen LogP contribution in [0.2, 0.25) is 10.3 Å². The van der Waals surface area contributed by atoms with Crippen LogP contribution in [0.3, 0.4) is 0 Å². The number of hydrogen-bond donors (Lipinski definition) is 1. The van der Waals surface area contributed by atoms with Crippen molar-refractivity contribution < 1.29 is 14.5 Å². The lowest BCUT2D eigenvalue weighted by atomic mass is 10.1. The Hall–Kier alpha value is -1.78. The summed E-state index contributed by atoms with van der Waals surface area (Å²) in [7, 11) is 1.61. The number of halogens is 2. The van der Waals surface area contributed by atoms with E-state index in [4.69, 9.17) is 27.9 Å². The molecule has 0 aliphatic heterocycles. The van der Waals surface area contributed by atoms with Crippen LogP contribution in [0.5, 0.6) is 5.75 Å². The minimum Gasteiger partial charge on any atom is -0.496 e. The Labute approximate surface area is 133 Å². The number of ether oxygens (including phenoxy) is 1. The monoisotopic (exact) mass is 325 g/mol. The van der Waals surface area contributed by atoms with Crippen LogP contribution in [0.1, 0.15) is 21.5 Å². The summed E-state index contributed by atoms with van der Waals surface area (Å²) in [5.74, 6) is 0.533. The van der Waals surface area contributed by atoms with Gasteiger partial charge in [-0.2, -0.15) is 4.98 Å². The van der Waals surface area contributed by atoms with Gasteiger partial charge in [0.1, 0.15) is 11.4 Å². The highest BCUT2D eigenvalue weighted by molar-refractivity contribution is 6.32. The van der Waals surface area contributed by atoms with Gasteiger partial charge >= 0.3 is 0 Å². The molecule has 6 heteroatoms. The molecule has 2 rings (SSSR count). The zero-order chi connectivity index (χ0) is 15.6. The van der Waals surface area contributed by atoms with E-state index in [9.17, 15) is 4.79 Å². The number of carbonyl (C=O) groups is 1. The molecule has 1 heterocycles. The number of carbonyl (C=O) groups excluding carboxylic acids is 1. The van der Waals surface area contributed by atoms with Gasteiger partial charge in [0, 0.05) is 11.6 Å². The summed E-state index contributed by atoms with van der Waals surface area (Å²) in [4.78, 5) is 15.0. The molecule has 2 aromatic rings. The Balaban J connectivity index is 2.28. The topological polar surface area (TPSA) is 52.5 Å². The van der Waals surface area contributed by atoms with E-state index in [1.54, 1.807) is 31.4 Å². The zero-order valence-electron chi connectivity index (χ0n) is 11.9. The van der Waals surface area contributed by atoms with Crippen LogP contribution < -0.4 is 15.0 Å². The molecular weight excluding hydrogens is 311 g/mol. The quantitative estimate of drug-likeness (QED) is 0.875. The normalized spacial score (nSPS) is 10.3. The summed E-state index contributed by atoms with van der Waals surface area (Å²) in [6, 6.07) is 6.80. The van der Waals surface area contributed by atoms with Crippen LogP contribution in [0.4, 0.5) is 5.69 Å². The Morgan fingerprint density at radius 2 is 1.81 bits per heavy atom. The summed E-state index contributed by atoms with van der Waals surface area (Å²) in [5, 5.41) is 3.42. The highest BCUT2D eigenvalue weighted by Crippen LogP contribution is 2.25. The number of aryl methyl sites for hydroxylation is 2. The lowest BCUT2D eigenvalue weighted by molar-refractivity contribution is -0.371. The van der Waals surface area contributed by atoms with Gasteiger partial charge in [0.05, 0.1) is 7.11 Å². The van der Waals surface area contributed by atoms with Crippen molar-refractivity contribution >= 4 is 34.8 Å². The number of methoxy groups -OCH3 is 1. The largest absolute Gasteiger partial charge is 0.496 e. The highest BCUT2D eigenvalue weighted by atomic mass is 35.5. The first-order valence-corrected chi connectivity index (χ1v) is 7.02. The van der Waals surface area contributed by atoms with Gasteiger partial charge in [-0.05, 0) is 66.4 Å². The molecule has 4 nitrogen and oxygen atoms in total. The summed E-state index contributed by atoms with van der Waals surface area (Å²) < 4.78 is 5.29. The number of aromatic nitrogens is 1. The maximum Gasteiger partial charge on any atom is 0.298 e. The molecule has 21 heavy (non-hydrogen) atoms. The second kappa shape index (κ2) is 6.33. The fraction of sp³-hybridized carbons (Fsp3) is 0.200. The van der Waals surface area contributed by atoms with Crippen molar-refractivity contribution in [1.29, 1.82) is 0 Å². The molecule has 0 fully saturated rings. The highest BCUT2D eigenvalue weighted by Gasteiger charge is 2.15. The molecule has 0 saturated carbocycles. The summed E-state index contributed by atoms with van der Waals surface area (Å²) in [5.41, 5.74) is 2.81. The first-order chi connectivity index (χ1) is 9.92. The van der Waals surface area contributed by atoms with E-state index in [0.29, 0.717) is 16.4 Å². The van der Waals surface area contributed by atoms with Crippen LogP contribution in [0, 0.1) is 13.8 Å². The zero-order valence-corrected chi connectivity index (χ0v) is 13.4. The van der Waals surface area contributed by atoms with E-state index in [2.05, 4.69) is 10.3 Å². The Bertz CT molecular complexity index is 679. The van der Waals surface area contributed by atoms with Gasteiger partial charge in [0.25, 0.3) is 16.2 Å². The minimum absolute atomic E-state index is 0.249. The first kappa shape index (κ1) is 15.6. The lowest BCUT2D eigenvalue weighted by Gasteiger charge is -2.11.